The fourth-order valence-corrected chi connectivity index (χ4v) is 4.94. The summed E-state index contributed by atoms with van der Waals surface area (Å²) in [6.45, 7) is 1.95. The first-order valence-corrected chi connectivity index (χ1v) is 10.6. The van der Waals surface area contributed by atoms with Crippen molar-refractivity contribution < 1.29 is 19.0 Å². The Morgan fingerprint density at radius 3 is 1.85 bits per heavy atom. The molecule has 0 aromatic rings. The van der Waals surface area contributed by atoms with Gasteiger partial charge >= 0.3 is 5.97 Å². The van der Waals surface area contributed by atoms with Crippen molar-refractivity contribution in [3.8, 4) is 0 Å². The van der Waals surface area contributed by atoms with Crippen molar-refractivity contribution in [1.82, 2.24) is 4.90 Å². The van der Waals surface area contributed by atoms with Gasteiger partial charge in [0.25, 0.3) is 0 Å². The average Bonchev–Trinajstić information content (AvgIpc) is 2.67. The van der Waals surface area contributed by atoms with Gasteiger partial charge in [-0.15, -0.1) is 0 Å². The Labute approximate surface area is 159 Å². The van der Waals surface area contributed by atoms with Crippen molar-refractivity contribution in [1.29, 1.82) is 0 Å². The molecule has 1 atom stereocenters. The summed E-state index contributed by atoms with van der Waals surface area (Å²) in [4.78, 5) is 13.8. The van der Waals surface area contributed by atoms with Crippen LogP contribution in [0.3, 0.4) is 0 Å². The van der Waals surface area contributed by atoms with E-state index in [9.17, 15) is 4.79 Å². The number of methoxy groups -OCH3 is 2. The van der Waals surface area contributed by atoms with E-state index < -0.39 is 0 Å². The zero-order valence-corrected chi connectivity index (χ0v) is 17.1. The highest BCUT2D eigenvalue weighted by atomic mass is 16.7. The molecule has 5 heteroatoms. The lowest BCUT2D eigenvalue weighted by Gasteiger charge is -2.47. The van der Waals surface area contributed by atoms with E-state index in [1.54, 1.807) is 14.2 Å². The van der Waals surface area contributed by atoms with Crippen molar-refractivity contribution in [2.45, 2.75) is 108 Å². The maximum atomic E-state index is 11.1. The summed E-state index contributed by atoms with van der Waals surface area (Å²) in [5, 5.41) is 0. The zero-order chi connectivity index (χ0) is 18.8. The molecular formula is C21H39NO4. The van der Waals surface area contributed by atoms with Crippen LogP contribution in [0.4, 0.5) is 0 Å². The molecule has 0 heterocycles. The highest BCUT2D eigenvalue weighted by Crippen LogP contribution is 2.34. The van der Waals surface area contributed by atoms with Crippen LogP contribution in [0.5, 0.6) is 0 Å². The molecule has 0 aliphatic heterocycles. The SMILES string of the molecule is COC(OC)C(CCCOC(C)=O)N(C1CCCCC1)C1CCCCC1. The Bertz CT molecular complexity index is 369. The highest BCUT2D eigenvalue weighted by Gasteiger charge is 2.37. The Hall–Kier alpha value is -0.650. The van der Waals surface area contributed by atoms with Gasteiger partial charge in [0.05, 0.1) is 12.6 Å². The molecule has 152 valence electrons. The minimum atomic E-state index is -0.226. The van der Waals surface area contributed by atoms with Gasteiger partial charge in [-0.25, -0.2) is 0 Å². The number of esters is 1. The van der Waals surface area contributed by atoms with E-state index in [0.717, 1.165) is 12.8 Å². The molecule has 5 nitrogen and oxygen atoms in total. The average molecular weight is 370 g/mol. The van der Waals surface area contributed by atoms with E-state index in [1.165, 1.54) is 71.1 Å². The number of nitrogens with zero attached hydrogens (tertiary/aromatic N) is 1. The van der Waals surface area contributed by atoms with Crippen molar-refractivity contribution in [3.63, 3.8) is 0 Å². The van der Waals surface area contributed by atoms with Crippen LogP contribution in [0.15, 0.2) is 0 Å². The van der Waals surface area contributed by atoms with Crippen LogP contribution < -0.4 is 0 Å². The first-order chi connectivity index (χ1) is 12.7. The lowest BCUT2D eigenvalue weighted by Crippen LogP contribution is -2.56. The predicted molar refractivity (Wildman–Crippen MR) is 103 cm³/mol. The third-order valence-electron chi connectivity index (χ3n) is 6.10. The molecule has 1 unspecified atom stereocenters. The van der Waals surface area contributed by atoms with Gasteiger partial charge in [-0.1, -0.05) is 38.5 Å². The molecule has 0 aromatic heterocycles. The molecule has 2 fully saturated rings. The molecule has 2 saturated carbocycles. The standard InChI is InChI=1S/C21H39NO4/c1-17(23)26-16-10-15-20(21(24-2)25-3)22(18-11-6-4-7-12-18)19-13-8-5-9-14-19/h18-21H,4-16H2,1-3H3. The maximum Gasteiger partial charge on any atom is 0.302 e. The molecule has 0 saturated heterocycles. The van der Waals surface area contributed by atoms with E-state index in [-0.39, 0.29) is 18.3 Å². The first-order valence-electron chi connectivity index (χ1n) is 10.6. The Balaban J connectivity index is 2.12. The van der Waals surface area contributed by atoms with Gasteiger partial charge in [0.15, 0.2) is 6.29 Å². The molecule has 0 amide bonds. The van der Waals surface area contributed by atoms with Crippen molar-refractivity contribution >= 4 is 5.97 Å². The van der Waals surface area contributed by atoms with Crippen LogP contribution >= 0.6 is 0 Å². The molecule has 0 aromatic carbocycles. The summed E-state index contributed by atoms with van der Waals surface area (Å²) >= 11 is 0. The van der Waals surface area contributed by atoms with Crippen LogP contribution in [0.1, 0.15) is 84.0 Å². The van der Waals surface area contributed by atoms with E-state index >= 15 is 0 Å². The van der Waals surface area contributed by atoms with Gasteiger partial charge in [0.2, 0.25) is 0 Å². The largest absolute Gasteiger partial charge is 0.466 e. The Morgan fingerprint density at radius 2 is 1.42 bits per heavy atom. The fraction of sp³-hybridized carbons (Fsp3) is 0.952. The Morgan fingerprint density at radius 1 is 0.923 bits per heavy atom. The van der Waals surface area contributed by atoms with Gasteiger partial charge in [0.1, 0.15) is 0 Å². The summed E-state index contributed by atoms with van der Waals surface area (Å²) in [7, 11) is 3.49. The Kier molecular flexibility index (Phi) is 9.94. The summed E-state index contributed by atoms with van der Waals surface area (Å²) < 4.78 is 16.6. The summed E-state index contributed by atoms with van der Waals surface area (Å²) in [5.74, 6) is -0.201. The molecule has 2 aliphatic rings. The van der Waals surface area contributed by atoms with E-state index in [0.29, 0.717) is 18.7 Å². The molecule has 2 aliphatic carbocycles. The fourth-order valence-electron chi connectivity index (χ4n) is 4.94. The molecule has 0 N–H and O–H groups in total. The zero-order valence-electron chi connectivity index (χ0n) is 17.1. The van der Waals surface area contributed by atoms with Crippen LogP contribution in [0.25, 0.3) is 0 Å². The number of hydrogen-bond acceptors (Lipinski definition) is 5. The summed E-state index contributed by atoms with van der Waals surface area (Å²) in [6.07, 6.45) is 14.8. The number of hydrogen-bond donors (Lipinski definition) is 0. The topological polar surface area (TPSA) is 48.0 Å². The van der Waals surface area contributed by atoms with Gasteiger partial charge in [0, 0.05) is 33.2 Å². The van der Waals surface area contributed by atoms with Crippen LogP contribution in [-0.2, 0) is 19.0 Å². The van der Waals surface area contributed by atoms with Gasteiger partial charge in [-0.2, -0.15) is 0 Å². The van der Waals surface area contributed by atoms with Crippen LogP contribution in [0.2, 0.25) is 0 Å². The highest BCUT2D eigenvalue weighted by molar-refractivity contribution is 5.65. The normalized spacial score (nSPS) is 21.3. The van der Waals surface area contributed by atoms with Crippen molar-refractivity contribution in [3.05, 3.63) is 0 Å². The number of rotatable bonds is 10. The van der Waals surface area contributed by atoms with Gasteiger partial charge < -0.3 is 14.2 Å². The molecule has 26 heavy (non-hydrogen) atoms. The van der Waals surface area contributed by atoms with Crippen molar-refractivity contribution in [2.24, 2.45) is 0 Å². The van der Waals surface area contributed by atoms with E-state index in [2.05, 4.69) is 4.90 Å². The smallest absolute Gasteiger partial charge is 0.302 e. The predicted octanol–water partition coefficient (Wildman–Crippen LogP) is 4.28. The minimum Gasteiger partial charge on any atom is -0.466 e. The molecule has 0 bridgehead atoms. The lowest BCUT2D eigenvalue weighted by molar-refractivity contribution is -0.166. The number of ether oxygens (including phenoxy) is 3. The molecule has 0 radical (unpaired) electrons. The first kappa shape index (κ1) is 21.6. The van der Waals surface area contributed by atoms with Gasteiger partial charge in [-0.05, 0) is 38.5 Å². The number of carbonyl (C=O) groups is 1. The second-order valence-electron chi connectivity index (χ2n) is 7.92. The van der Waals surface area contributed by atoms with Crippen LogP contribution in [0, 0.1) is 0 Å². The summed E-state index contributed by atoms with van der Waals surface area (Å²) in [6, 6.07) is 1.50. The molecule has 2 rings (SSSR count). The minimum absolute atomic E-state index is 0.201. The van der Waals surface area contributed by atoms with Crippen molar-refractivity contribution in [2.75, 3.05) is 20.8 Å². The third-order valence-corrected chi connectivity index (χ3v) is 6.10. The quantitative estimate of drug-likeness (QED) is 0.327. The lowest BCUT2D eigenvalue weighted by atomic mass is 9.86. The monoisotopic (exact) mass is 369 g/mol. The third kappa shape index (κ3) is 6.50. The van der Waals surface area contributed by atoms with E-state index in [1.807, 2.05) is 0 Å². The van der Waals surface area contributed by atoms with Gasteiger partial charge in [-0.3, -0.25) is 9.69 Å². The van der Waals surface area contributed by atoms with Crippen LogP contribution in [-0.4, -0.2) is 56.1 Å². The summed E-state index contributed by atoms with van der Waals surface area (Å²) in [5.41, 5.74) is 0. The second-order valence-corrected chi connectivity index (χ2v) is 7.92. The number of carbonyl (C=O) groups excluding carboxylic acids is 1. The second kappa shape index (κ2) is 11.9. The van der Waals surface area contributed by atoms with E-state index in [4.69, 9.17) is 14.2 Å². The molecule has 0 spiro atoms. The maximum absolute atomic E-state index is 11.1. The molecular weight excluding hydrogens is 330 g/mol.